The van der Waals surface area contributed by atoms with E-state index >= 15 is 0 Å². The second-order valence-electron chi connectivity index (χ2n) is 4.66. The molecule has 0 atom stereocenters. The quantitative estimate of drug-likeness (QED) is 0.848. The molecule has 1 aliphatic carbocycles. The first-order valence-electron chi connectivity index (χ1n) is 5.48. The van der Waals surface area contributed by atoms with E-state index in [4.69, 9.17) is 17.3 Å². The second-order valence-corrected chi connectivity index (χ2v) is 5.00. The summed E-state index contributed by atoms with van der Waals surface area (Å²) in [5, 5.41) is 3.31. The summed E-state index contributed by atoms with van der Waals surface area (Å²) in [7, 11) is 0. The number of halogens is 1. The molecule has 1 aromatic rings. The van der Waals surface area contributed by atoms with Gasteiger partial charge in [0.15, 0.2) is 0 Å². The molecule has 1 saturated carbocycles. The lowest BCUT2D eigenvalue weighted by molar-refractivity contribution is 0.361. The largest absolute Gasteiger partial charge is 0.368 e. The molecule has 88 valence electrons. The number of nitrogens with one attached hydrogen (secondary N) is 1. The van der Waals surface area contributed by atoms with Crippen molar-refractivity contribution in [2.45, 2.75) is 32.6 Å². The van der Waals surface area contributed by atoms with Crippen LogP contribution in [-0.4, -0.2) is 21.5 Å². The smallest absolute Gasteiger partial charge is 0.228 e. The predicted molar refractivity (Wildman–Crippen MR) is 64.3 cm³/mol. The van der Waals surface area contributed by atoms with Gasteiger partial charge < -0.3 is 11.1 Å². The van der Waals surface area contributed by atoms with Gasteiger partial charge in [-0.2, -0.15) is 15.0 Å². The molecular formula is C10H16ClN5. The van der Waals surface area contributed by atoms with Crippen molar-refractivity contribution in [3.63, 3.8) is 0 Å². The Morgan fingerprint density at radius 2 is 2.00 bits per heavy atom. The van der Waals surface area contributed by atoms with Gasteiger partial charge >= 0.3 is 0 Å². The lowest BCUT2D eigenvalue weighted by atomic mass is 9.89. The molecule has 5 nitrogen and oxygen atoms in total. The highest BCUT2D eigenvalue weighted by Gasteiger charge is 2.28. The van der Waals surface area contributed by atoms with Crippen LogP contribution in [0.5, 0.6) is 0 Å². The van der Waals surface area contributed by atoms with Crippen LogP contribution in [0.2, 0.25) is 5.28 Å². The second kappa shape index (κ2) is 4.41. The summed E-state index contributed by atoms with van der Waals surface area (Å²) in [5.74, 6) is 0.615. The Labute approximate surface area is 99.8 Å². The fourth-order valence-electron chi connectivity index (χ4n) is 2.14. The molecule has 3 N–H and O–H groups in total. The van der Waals surface area contributed by atoms with Crippen molar-refractivity contribution in [2.75, 3.05) is 17.6 Å². The van der Waals surface area contributed by atoms with E-state index in [1.54, 1.807) is 0 Å². The first kappa shape index (κ1) is 11.4. The van der Waals surface area contributed by atoms with Crippen molar-refractivity contribution in [2.24, 2.45) is 5.41 Å². The molecule has 0 aliphatic heterocycles. The molecule has 0 radical (unpaired) electrons. The van der Waals surface area contributed by atoms with Crippen molar-refractivity contribution in [1.82, 2.24) is 15.0 Å². The molecule has 16 heavy (non-hydrogen) atoms. The van der Waals surface area contributed by atoms with Crippen LogP contribution in [0, 0.1) is 5.41 Å². The molecule has 0 aromatic carbocycles. The van der Waals surface area contributed by atoms with E-state index in [1.165, 1.54) is 25.7 Å². The van der Waals surface area contributed by atoms with Gasteiger partial charge in [-0.25, -0.2) is 0 Å². The van der Waals surface area contributed by atoms with Gasteiger partial charge in [-0.1, -0.05) is 19.8 Å². The van der Waals surface area contributed by atoms with E-state index in [9.17, 15) is 0 Å². The summed E-state index contributed by atoms with van der Waals surface area (Å²) in [6.07, 6.45) is 5.10. The Bertz CT molecular complexity index is 355. The highest BCUT2D eigenvalue weighted by Crippen LogP contribution is 2.37. The van der Waals surface area contributed by atoms with Crippen LogP contribution in [0.25, 0.3) is 0 Å². The summed E-state index contributed by atoms with van der Waals surface area (Å²) >= 11 is 5.70. The maximum Gasteiger partial charge on any atom is 0.228 e. The number of anilines is 2. The van der Waals surface area contributed by atoms with Gasteiger partial charge in [-0.15, -0.1) is 0 Å². The summed E-state index contributed by atoms with van der Waals surface area (Å²) in [6.45, 7) is 3.13. The topological polar surface area (TPSA) is 76.7 Å². The van der Waals surface area contributed by atoms with Gasteiger partial charge in [-0.05, 0) is 29.9 Å². The van der Waals surface area contributed by atoms with E-state index in [0.29, 0.717) is 11.4 Å². The van der Waals surface area contributed by atoms with E-state index in [2.05, 4.69) is 27.2 Å². The summed E-state index contributed by atoms with van der Waals surface area (Å²) in [5.41, 5.74) is 5.83. The third-order valence-electron chi connectivity index (χ3n) is 3.11. The average molecular weight is 242 g/mol. The molecular weight excluding hydrogens is 226 g/mol. The van der Waals surface area contributed by atoms with Gasteiger partial charge in [0, 0.05) is 6.54 Å². The molecule has 1 heterocycles. The van der Waals surface area contributed by atoms with E-state index in [-0.39, 0.29) is 11.2 Å². The standard InChI is InChI=1S/C10H16ClN5/c1-10(4-2-3-5-10)6-13-9-15-7(11)14-8(12)16-9/h2-6H2,1H3,(H3,12,13,14,15,16). The molecule has 6 heteroatoms. The number of rotatable bonds is 3. The Kier molecular flexibility index (Phi) is 3.14. The Hall–Kier alpha value is -1.10. The molecule has 1 fully saturated rings. The number of aromatic nitrogens is 3. The monoisotopic (exact) mass is 241 g/mol. The van der Waals surface area contributed by atoms with Crippen molar-refractivity contribution in [3.8, 4) is 0 Å². The van der Waals surface area contributed by atoms with Crippen molar-refractivity contribution < 1.29 is 0 Å². The van der Waals surface area contributed by atoms with Gasteiger partial charge in [0.2, 0.25) is 17.2 Å². The zero-order valence-corrected chi connectivity index (χ0v) is 10.1. The highest BCUT2D eigenvalue weighted by molar-refractivity contribution is 6.28. The lowest BCUT2D eigenvalue weighted by Gasteiger charge is -2.23. The Balaban J connectivity index is 1.98. The molecule has 0 amide bonds. The summed E-state index contributed by atoms with van der Waals surface area (Å²) < 4.78 is 0. The van der Waals surface area contributed by atoms with Gasteiger partial charge in [0.25, 0.3) is 0 Å². The predicted octanol–water partition coefficient (Wildman–Crippen LogP) is 2.10. The SMILES string of the molecule is CC1(CNc2nc(N)nc(Cl)n2)CCCC1. The molecule has 1 aliphatic rings. The fraction of sp³-hybridized carbons (Fsp3) is 0.700. The first-order chi connectivity index (χ1) is 7.57. The molecule has 0 bridgehead atoms. The normalized spacial score (nSPS) is 18.6. The van der Waals surface area contributed by atoms with Gasteiger partial charge in [0.05, 0.1) is 0 Å². The zero-order valence-electron chi connectivity index (χ0n) is 9.33. The number of nitrogens with two attached hydrogens (primary N) is 1. The van der Waals surface area contributed by atoms with Gasteiger partial charge in [-0.3, -0.25) is 0 Å². The Morgan fingerprint density at radius 1 is 1.31 bits per heavy atom. The first-order valence-corrected chi connectivity index (χ1v) is 5.86. The third kappa shape index (κ3) is 2.72. The number of nitrogens with zero attached hydrogens (tertiary/aromatic N) is 3. The van der Waals surface area contributed by atoms with Crippen LogP contribution in [0.15, 0.2) is 0 Å². The van der Waals surface area contributed by atoms with Crippen LogP contribution in [0.1, 0.15) is 32.6 Å². The third-order valence-corrected chi connectivity index (χ3v) is 3.28. The van der Waals surface area contributed by atoms with Gasteiger partial charge in [0.1, 0.15) is 0 Å². The van der Waals surface area contributed by atoms with Crippen LogP contribution >= 0.6 is 11.6 Å². The maximum absolute atomic E-state index is 5.70. The Morgan fingerprint density at radius 3 is 2.62 bits per heavy atom. The van der Waals surface area contributed by atoms with E-state index < -0.39 is 0 Å². The molecule has 0 unspecified atom stereocenters. The minimum Gasteiger partial charge on any atom is -0.368 e. The fourth-order valence-corrected chi connectivity index (χ4v) is 2.31. The van der Waals surface area contributed by atoms with Crippen molar-refractivity contribution >= 4 is 23.5 Å². The zero-order chi connectivity index (χ0) is 11.6. The highest BCUT2D eigenvalue weighted by atomic mass is 35.5. The summed E-state index contributed by atoms with van der Waals surface area (Å²) in [6, 6.07) is 0. The maximum atomic E-state index is 5.70. The minimum atomic E-state index is 0.131. The van der Waals surface area contributed by atoms with Crippen LogP contribution in [0.4, 0.5) is 11.9 Å². The van der Waals surface area contributed by atoms with Crippen LogP contribution < -0.4 is 11.1 Å². The molecule has 0 saturated heterocycles. The molecule has 2 rings (SSSR count). The molecule has 1 aromatic heterocycles. The average Bonchev–Trinajstić information content (AvgIpc) is 2.62. The number of hydrogen-bond acceptors (Lipinski definition) is 5. The van der Waals surface area contributed by atoms with E-state index in [1.807, 2.05) is 0 Å². The van der Waals surface area contributed by atoms with E-state index in [0.717, 1.165) is 6.54 Å². The van der Waals surface area contributed by atoms with Crippen LogP contribution in [0.3, 0.4) is 0 Å². The summed E-state index contributed by atoms with van der Waals surface area (Å²) in [4.78, 5) is 11.7. The van der Waals surface area contributed by atoms with Crippen molar-refractivity contribution in [1.29, 1.82) is 0 Å². The van der Waals surface area contributed by atoms with Crippen LogP contribution in [-0.2, 0) is 0 Å². The molecule has 0 spiro atoms. The lowest BCUT2D eigenvalue weighted by Crippen LogP contribution is -2.24. The minimum absolute atomic E-state index is 0.131. The number of hydrogen-bond donors (Lipinski definition) is 2. The number of nitrogen functional groups attached to an aromatic ring is 1. The van der Waals surface area contributed by atoms with Crippen molar-refractivity contribution in [3.05, 3.63) is 5.28 Å².